The quantitative estimate of drug-likeness (QED) is 0.841. The number of hydrogen-bond donors (Lipinski definition) is 1. The Kier molecular flexibility index (Phi) is 6.57. The normalized spacial score (nSPS) is 14.6. The molecule has 1 fully saturated rings. The van der Waals surface area contributed by atoms with Crippen molar-refractivity contribution in [2.45, 2.75) is 46.6 Å². The molecule has 2 amide bonds. The van der Waals surface area contributed by atoms with Crippen molar-refractivity contribution in [3.8, 4) is 5.75 Å². The van der Waals surface area contributed by atoms with Crippen LogP contribution >= 0.6 is 0 Å². The molecule has 0 radical (unpaired) electrons. The van der Waals surface area contributed by atoms with Crippen molar-refractivity contribution in [1.82, 2.24) is 10.2 Å². The Balaban J connectivity index is 1.45. The summed E-state index contributed by atoms with van der Waals surface area (Å²) in [5.74, 6) is 0.662. The highest BCUT2D eigenvalue weighted by Gasteiger charge is 2.24. The summed E-state index contributed by atoms with van der Waals surface area (Å²) in [4.78, 5) is 26.8. The van der Waals surface area contributed by atoms with Crippen molar-refractivity contribution in [3.05, 3.63) is 64.2 Å². The van der Waals surface area contributed by atoms with Gasteiger partial charge in [0.2, 0.25) is 0 Å². The summed E-state index contributed by atoms with van der Waals surface area (Å²) in [5.41, 5.74) is 5.33. The summed E-state index contributed by atoms with van der Waals surface area (Å²) in [6, 6.07) is 11.7. The maximum atomic E-state index is 12.5. The lowest BCUT2D eigenvalue weighted by molar-refractivity contribution is -0.134. The van der Waals surface area contributed by atoms with Gasteiger partial charge in [-0.25, -0.2) is 0 Å². The smallest absolute Gasteiger partial charge is 0.260 e. The van der Waals surface area contributed by atoms with Crippen LogP contribution in [-0.2, 0) is 4.79 Å². The van der Waals surface area contributed by atoms with Crippen LogP contribution in [0.5, 0.6) is 5.75 Å². The van der Waals surface area contributed by atoms with Crippen LogP contribution in [0.2, 0.25) is 0 Å². The largest absolute Gasteiger partial charge is 0.484 e. The number of carbonyl (C=O) groups is 2. The van der Waals surface area contributed by atoms with E-state index in [1.165, 1.54) is 11.1 Å². The van der Waals surface area contributed by atoms with Gasteiger partial charge in [-0.1, -0.05) is 12.1 Å². The number of amides is 2. The Morgan fingerprint density at radius 1 is 0.931 bits per heavy atom. The van der Waals surface area contributed by atoms with Crippen molar-refractivity contribution in [3.63, 3.8) is 0 Å². The molecule has 3 rings (SSSR count). The molecular weight excluding hydrogens is 364 g/mol. The summed E-state index contributed by atoms with van der Waals surface area (Å²) in [6.07, 6.45) is 1.51. The van der Waals surface area contributed by atoms with Crippen LogP contribution < -0.4 is 10.1 Å². The van der Waals surface area contributed by atoms with Gasteiger partial charge in [0.05, 0.1) is 0 Å². The Labute approximate surface area is 173 Å². The molecule has 0 atom stereocenters. The van der Waals surface area contributed by atoms with E-state index in [-0.39, 0.29) is 24.5 Å². The number of carbonyl (C=O) groups excluding carboxylic acids is 2. The predicted octanol–water partition coefficient (Wildman–Crippen LogP) is 3.72. The molecule has 2 aromatic rings. The highest BCUT2D eigenvalue weighted by Crippen LogP contribution is 2.17. The molecule has 0 saturated carbocycles. The van der Waals surface area contributed by atoms with Gasteiger partial charge in [-0.2, -0.15) is 0 Å². The number of nitrogens with zero attached hydrogens (tertiary/aromatic N) is 1. The van der Waals surface area contributed by atoms with Gasteiger partial charge < -0.3 is 15.0 Å². The van der Waals surface area contributed by atoms with Gasteiger partial charge in [-0.3, -0.25) is 9.59 Å². The Morgan fingerprint density at radius 3 is 2.17 bits per heavy atom. The molecule has 154 valence electrons. The van der Waals surface area contributed by atoms with Gasteiger partial charge in [0.1, 0.15) is 5.75 Å². The molecule has 1 aliphatic rings. The van der Waals surface area contributed by atoms with Crippen LogP contribution in [0.3, 0.4) is 0 Å². The fourth-order valence-corrected chi connectivity index (χ4v) is 3.46. The second-order valence-electron chi connectivity index (χ2n) is 7.96. The lowest BCUT2D eigenvalue weighted by Crippen LogP contribution is -2.47. The van der Waals surface area contributed by atoms with Crippen LogP contribution in [0, 0.1) is 27.7 Å². The molecule has 0 bridgehead atoms. The highest BCUT2D eigenvalue weighted by atomic mass is 16.5. The van der Waals surface area contributed by atoms with E-state index < -0.39 is 0 Å². The average molecular weight is 395 g/mol. The van der Waals surface area contributed by atoms with E-state index in [4.69, 9.17) is 4.74 Å². The summed E-state index contributed by atoms with van der Waals surface area (Å²) in [5, 5.41) is 3.10. The van der Waals surface area contributed by atoms with Gasteiger partial charge in [-0.05, 0) is 87.1 Å². The van der Waals surface area contributed by atoms with Crippen LogP contribution in [0.1, 0.15) is 45.5 Å². The zero-order chi connectivity index (χ0) is 21.0. The average Bonchev–Trinajstić information content (AvgIpc) is 2.71. The molecule has 5 heteroatoms. The van der Waals surface area contributed by atoms with Gasteiger partial charge >= 0.3 is 0 Å². The fourth-order valence-electron chi connectivity index (χ4n) is 3.46. The Morgan fingerprint density at radius 2 is 1.55 bits per heavy atom. The third-order valence-corrected chi connectivity index (χ3v) is 5.79. The summed E-state index contributed by atoms with van der Waals surface area (Å²) in [6.45, 7) is 9.43. The lowest BCUT2D eigenvalue weighted by Gasteiger charge is -2.32. The number of aryl methyl sites for hydroxylation is 4. The van der Waals surface area contributed by atoms with Crippen molar-refractivity contribution >= 4 is 11.8 Å². The first kappa shape index (κ1) is 20.9. The van der Waals surface area contributed by atoms with E-state index in [1.807, 2.05) is 69.0 Å². The van der Waals surface area contributed by atoms with Crippen molar-refractivity contribution in [2.75, 3.05) is 19.7 Å². The van der Waals surface area contributed by atoms with Gasteiger partial charge in [-0.15, -0.1) is 0 Å². The topological polar surface area (TPSA) is 58.6 Å². The summed E-state index contributed by atoms with van der Waals surface area (Å²) < 4.78 is 5.67. The molecule has 0 spiro atoms. The number of benzene rings is 2. The van der Waals surface area contributed by atoms with Crippen LogP contribution in [0.4, 0.5) is 0 Å². The third kappa shape index (κ3) is 5.37. The van der Waals surface area contributed by atoms with Crippen LogP contribution in [0.15, 0.2) is 36.4 Å². The summed E-state index contributed by atoms with van der Waals surface area (Å²) in [7, 11) is 0. The Hall–Kier alpha value is -2.82. The molecule has 0 aromatic heterocycles. The van der Waals surface area contributed by atoms with Gasteiger partial charge in [0.15, 0.2) is 6.61 Å². The van der Waals surface area contributed by atoms with Crippen molar-refractivity contribution in [2.24, 2.45) is 0 Å². The second kappa shape index (κ2) is 9.12. The number of likely N-dealkylation sites (tertiary alicyclic amines) is 1. The minimum atomic E-state index is -0.0454. The van der Waals surface area contributed by atoms with Gasteiger partial charge in [0.25, 0.3) is 11.8 Å². The first-order chi connectivity index (χ1) is 13.8. The molecule has 2 aromatic carbocycles. The van der Waals surface area contributed by atoms with E-state index in [1.54, 1.807) is 0 Å². The maximum Gasteiger partial charge on any atom is 0.260 e. The Bertz CT molecular complexity index is 899. The first-order valence-electron chi connectivity index (χ1n) is 10.2. The van der Waals surface area contributed by atoms with E-state index in [9.17, 15) is 9.59 Å². The number of hydrogen-bond acceptors (Lipinski definition) is 3. The minimum absolute atomic E-state index is 0.0119. The highest BCUT2D eigenvalue weighted by molar-refractivity contribution is 5.94. The van der Waals surface area contributed by atoms with E-state index in [0.29, 0.717) is 18.7 Å². The predicted molar refractivity (Wildman–Crippen MR) is 114 cm³/mol. The summed E-state index contributed by atoms with van der Waals surface area (Å²) >= 11 is 0. The number of nitrogens with one attached hydrogen (secondary N) is 1. The lowest BCUT2D eigenvalue weighted by atomic mass is 10.0. The minimum Gasteiger partial charge on any atom is -0.484 e. The number of ether oxygens (including phenoxy) is 1. The zero-order valence-electron chi connectivity index (χ0n) is 17.7. The fraction of sp³-hybridized carbons (Fsp3) is 0.417. The van der Waals surface area contributed by atoms with E-state index in [2.05, 4.69) is 5.32 Å². The molecule has 1 heterocycles. The standard InChI is InChI=1S/C24H30N2O3/c1-16-5-7-20(13-18(16)3)24(28)25-21-9-11-26(12-10-21)23(27)15-29-22-8-6-17(2)19(4)14-22/h5-8,13-14,21H,9-12,15H2,1-4H3,(H,25,28). The van der Waals surface area contributed by atoms with Crippen LogP contribution in [0.25, 0.3) is 0 Å². The monoisotopic (exact) mass is 394 g/mol. The van der Waals surface area contributed by atoms with Crippen molar-refractivity contribution in [1.29, 1.82) is 0 Å². The molecule has 29 heavy (non-hydrogen) atoms. The molecule has 1 N–H and O–H groups in total. The van der Waals surface area contributed by atoms with Crippen LogP contribution in [-0.4, -0.2) is 42.5 Å². The van der Waals surface area contributed by atoms with Gasteiger partial charge in [0, 0.05) is 24.7 Å². The number of rotatable bonds is 5. The zero-order valence-corrected chi connectivity index (χ0v) is 17.7. The molecule has 1 aliphatic heterocycles. The number of piperidine rings is 1. The van der Waals surface area contributed by atoms with Crippen molar-refractivity contribution < 1.29 is 14.3 Å². The van der Waals surface area contributed by atoms with E-state index >= 15 is 0 Å². The molecule has 0 aliphatic carbocycles. The molecule has 5 nitrogen and oxygen atoms in total. The maximum absolute atomic E-state index is 12.5. The third-order valence-electron chi connectivity index (χ3n) is 5.79. The molecular formula is C24H30N2O3. The first-order valence-corrected chi connectivity index (χ1v) is 10.2. The SMILES string of the molecule is Cc1ccc(OCC(=O)N2CCC(NC(=O)c3ccc(C)c(C)c3)CC2)cc1C. The second-order valence-corrected chi connectivity index (χ2v) is 7.96. The molecule has 0 unspecified atom stereocenters. The van der Waals surface area contributed by atoms with E-state index in [0.717, 1.165) is 29.7 Å². The molecule has 1 saturated heterocycles.